The third-order valence-electron chi connectivity index (χ3n) is 3.69. The minimum absolute atomic E-state index is 0.0814. The first-order valence-electron chi connectivity index (χ1n) is 6.91. The maximum Gasteiger partial charge on any atom is 0.137 e. The molecule has 0 spiro atoms. The highest BCUT2D eigenvalue weighted by Crippen LogP contribution is 2.21. The van der Waals surface area contributed by atoms with E-state index in [1.807, 2.05) is 12.1 Å². The van der Waals surface area contributed by atoms with E-state index < -0.39 is 0 Å². The van der Waals surface area contributed by atoms with E-state index in [-0.39, 0.29) is 12.0 Å². The van der Waals surface area contributed by atoms with E-state index in [4.69, 9.17) is 0 Å². The lowest BCUT2D eigenvalue weighted by Crippen LogP contribution is -2.29. The van der Waals surface area contributed by atoms with Gasteiger partial charge in [-0.3, -0.25) is 0 Å². The number of benzene rings is 1. The topological polar surface area (TPSA) is 63.0 Å². The van der Waals surface area contributed by atoms with E-state index in [9.17, 15) is 5.11 Å². The maximum atomic E-state index is 9.43. The molecule has 2 N–H and O–H groups in total. The first-order chi connectivity index (χ1) is 9.65. The van der Waals surface area contributed by atoms with Crippen LogP contribution in [0.1, 0.15) is 25.8 Å². The number of anilines is 1. The monoisotopic (exact) mass is 274 g/mol. The van der Waals surface area contributed by atoms with Gasteiger partial charge in [-0.15, -0.1) is 0 Å². The molecule has 0 bridgehead atoms. The number of aliphatic hydroxyl groups is 1. The Hall–Kier alpha value is -1.88. The number of rotatable bonds is 7. The molecule has 0 amide bonds. The highest BCUT2D eigenvalue weighted by atomic mass is 16.3. The molecule has 5 nitrogen and oxygen atoms in total. The average molecular weight is 274 g/mol. The third kappa shape index (κ3) is 3.81. The first-order valence-corrected chi connectivity index (χ1v) is 6.91. The van der Waals surface area contributed by atoms with Crippen LogP contribution < -0.4 is 5.32 Å². The van der Waals surface area contributed by atoms with Crippen LogP contribution in [0.2, 0.25) is 0 Å². The zero-order chi connectivity index (χ0) is 14.4. The molecular formula is C15H22N4O. The molecule has 2 aromatic rings. The molecule has 1 aromatic carbocycles. The molecule has 0 radical (unpaired) electrons. The van der Waals surface area contributed by atoms with Crippen molar-refractivity contribution in [3.8, 4) is 0 Å². The number of aliphatic hydroxyl groups excluding tert-OH is 1. The van der Waals surface area contributed by atoms with Crippen LogP contribution in [0, 0.1) is 5.41 Å². The predicted molar refractivity (Wildman–Crippen MR) is 79.5 cm³/mol. The Morgan fingerprint density at radius 2 is 2.25 bits per heavy atom. The van der Waals surface area contributed by atoms with Crippen molar-refractivity contribution in [2.24, 2.45) is 5.41 Å². The van der Waals surface area contributed by atoms with Crippen molar-refractivity contribution in [2.75, 3.05) is 18.5 Å². The van der Waals surface area contributed by atoms with Crippen molar-refractivity contribution >= 4 is 5.69 Å². The molecule has 1 unspecified atom stereocenters. The molecule has 1 heterocycles. The molecule has 2 rings (SSSR count). The van der Waals surface area contributed by atoms with Crippen LogP contribution >= 0.6 is 0 Å². The molecular weight excluding hydrogens is 252 g/mol. The Morgan fingerprint density at radius 3 is 2.90 bits per heavy atom. The van der Waals surface area contributed by atoms with Crippen molar-refractivity contribution in [2.45, 2.75) is 26.8 Å². The van der Waals surface area contributed by atoms with Crippen LogP contribution in [0.5, 0.6) is 0 Å². The molecule has 1 atom stereocenters. The quantitative estimate of drug-likeness (QED) is 0.812. The van der Waals surface area contributed by atoms with E-state index in [2.05, 4.69) is 41.4 Å². The molecule has 5 heteroatoms. The summed E-state index contributed by atoms with van der Waals surface area (Å²) >= 11 is 0. The lowest BCUT2D eigenvalue weighted by atomic mass is 9.88. The van der Waals surface area contributed by atoms with Crippen LogP contribution in [0.3, 0.4) is 0 Å². The number of hydrogen-bond acceptors (Lipinski definition) is 4. The summed E-state index contributed by atoms with van der Waals surface area (Å²) < 4.78 is 1.79. The second-order valence-corrected chi connectivity index (χ2v) is 5.47. The van der Waals surface area contributed by atoms with Gasteiger partial charge in [0.05, 0.1) is 13.2 Å². The van der Waals surface area contributed by atoms with Gasteiger partial charge >= 0.3 is 0 Å². The smallest absolute Gasteiger partial charge is 0.137 e. The SMILES string of the molecule is CCC(C)(CO)CNc1cccc(Cn2cncn2)c1. The molecule has 1 aromatic heterocycles. The van der Waals surface area contributed by atoms with Gasteiger partial charge in [-0.2, -0.15) is 5.10 Å². The fourth-order valence-corrected chi connectivity index (χ4v) is 1.89. The summed E-state index contributed by atoms with van der Waals surface area (Å²) in [6.07, 6.45) is 4.19. The van der Waals surface area contributed by atoms with Gasteiger partial charge < -0.3 is 10.4 Å². The van der Waals surface area contributed by atoms with E-state index in [1.54, 1.807) is 11.0 Å². The minimum atomic E-state index is -0.0814. The lowest BCUT2D eigenvalue weighted by molar-refractivity contribution is 0.149. The maximum absolute atomic E-state index is 9.43. The zero-order valence-electron chi connectivity index (χ0n) is 12.1. The van der Waals surface area contributed by atoms with E-state index >= 15 is 0 Å². The number of nitrogens with one attached hydrogen (secondary N) is 1. The average Bonchev–Trinajstić information content (AvgIpc) is 2.98. The van der Waals surface area contributed by atoms with Gasteiger partial charge in [0.15, 0.2) is 0 Å². The summed E-state index contributed by atoms with van der Waals surface area (Å²) in [5.74, 6) is 0. The third-order valence-corrected chi connectivity index (χ3v) is 3.69. The van der Waals surface area contributed by atoms with Crippen molar-refractivity contribution in [3.05, 3.63) is 42.5 Å². The zero-order valence-corrected chi connectivity index (χ0v) is 12.1. The van der Waals surface area contributed by atoms with Crippen LogP contribution in [0.4, 0.5) is 5.69 Å². The number of aromatic nitrogens is 3. The van der Waals surface area contributed by atoms with Crippen molar-refractivity contribution < 1.29 is 5.11 Å². The molecule has 20 heavy (non-hydrogen) atoms. The standard InChI is InChI=1S/C15H22N4O/c1-3-15(2,10-20)9-17-14-6-4-5-13(7-14)8-19-12-16-11-18-19/h4-7,11-12,17,20H,3,8-10H2,1-2H3. The van der Waals surface area contributed by atoms with Gasteiger partial charge in [0.2, 0.25) is 0 Å². The van der Waals surface area contributed by atoms with Crippen LogP contribution in [-0.2, 0) is 6.54 Å². The molecule has 0 saturated carbocycles. The van der Waals surface area contributed by atoms with E-state index in [0.717, 1.165) is 18.7 Å². The molecule has 0 aliphatic rings. The van der Waals surface area contributed by atoms with E-state index in [1.165, 1.54) is 11.9 Å². The summed E-state index contributed by atoms with van der Waals surface area (Å²) in [4.78, 5) is 3.94. The molecule has 0 saturated heterocycles. The molecule has 0 aliphatic carbocycles. The normalized spacial score (nSPS) is 13.9. The van der Waals surface area contributed by atoms with Gasteiger partial charge in [-0.1, -0.05) is 26.0 Å². The Kier molecular flexibility index (Phi) is 4.74. The summed E-state index contributed by atoms with van der Waals surface area (Å²) in [5, 5.41) is 16.9. The van der Waals surface area contributed by atoms with Gasteiger partial charge in [0, 0.05) is 17.6 Å². The van der Waals surface area contributed by atoms with Gasteiger partial charge in [0.25, 0.3) is 0 Å². The molecule has 0 aliphatic heterocycles. The van der Waals surface area contributed by atoms with Crippen molar-refractivity contribution in [1.29, 1.82) is 0 Å². The van der Waals surface area contributed by atoms with Gasteiger partial charge in [0.1, 0.15) is 12.7 Å². The minimum Gasteiger partial charge on any atom is -0.396 e. The highest BCUT2D eigenvalue weighted by Gasteiger charge is 2.20. The number of hydrogen-bond donors (Lipinski definition) is 2. The van der Waals surface area contributed by atoms with Gasteiger partial charge in [-0.25, -0.2) is 9.67 Å². The number of nitrogens with zero attached hydrogens (tertiary/aromatic N) is 3. The second-order valence-electron chi connectivity index (χ2n) is 5.47. The first kappa shape index (κ1) is 14.5. The van der Waals surface area contributed by atoms with Crippen LogP contribution in [-0.4, -0.2) is 33.0 Å². The van der Waals surface area contributed by atoms with Crippen molar-refractivity contribution in [3.63, 3.8) is 0 Å². The Bertz CT molecular complexity index is 520. The van der Waals surface area contributed by atoms with Crippen LogP contribution in [0.15, 0.2) is 36.9 Å². The highest BCUT2D eigenvalue weighted by molar-refractivity contribution is 5.46. The summed E-state index contributed by atoms with van der Waals surface area (Å²) in [6, 6.07) is 8.24. The largest absolute Gasteiger partial charge is 0.396 e. The van der Waals surface area contributed by atoms with E-state index in [0.29, 0.717) is 6.54 Å². The van der Waals surface area contributed by atoms with Gasteiger partial charge in [-0.05, 0) is 24.1 Å². The Balaban J connectivity index is 1.99. The second kappa shape index (κ2) is 6.52. The Morgan fingerprint density at radius 1 is 1.40 bits per heavy atom. The fraction of sp³-hybridized carbons (Fsp3) is 0.467. The summed E-state index contributed by atoms with van der Waals surface area (Å²) in [5.41, 5.74) is 2.15. The van der Waals surface area contributed by atoms with Crippen LogP contribution in [0.25, 0.3) is 0 Å². The fourth-order valence-electron chi connectivity index (χ4n) is 1.89. The summed E-state index contributed by atoms with van der Waals surface area (Å²) in [6.45, 7) is 5.83. The predicted octanol–water partition coefficient (Wildman–Crippen LogP) is 2.15. The molecule has 108 valence electrons. The lowest BCUT2D eigenvalue weighted by Gasteiger charge is -2.26. The molecule has 0 fully saturated rings. The summed E-state index contributed by atoms with van der Waals surface area (Å²) in [7, 11) is 0. The van der Waals surface area contributed by atoms with Crippen molar-refractivity contribution in [1.82, 2.24) is 14.8 Å². The Labute approximate surface area is 119 Å².